The minimum atomic E-state index is -1.37. The molecule has 0 aromatic heterocycles. The molecule has 0 saturated carbocycles. The van der Waals surface area contributed by atoms with Crippen LogP contribution in [-0.2, 0) is 25.5 Å². The molecule has 1 saturated heterocycles. The Hall–Kier alpha value is -2.08. The molecule has 148 valence electrons. The highest BCUT2D eigenvalue weighted by atomic mass is 35.5. The van der Waals surface area contributed by atoms with Gasteiger partial charge in [0, 0.05) is 10.6 Å². The van der Waals surface area contributed by atoms with Crippen LogP contribution in [0.5, 0.6) is 5.75 Å². The third kappa shape index (κ3) is 3.28. The number of carbonyl (C=O) groups excluding carboxylic acids is 1. The number of halogens is 1. The summed E-state index contributed by atoms with van der Waals surface area (Å²) in [6, 6.07) is 13.4. The first-order valence-electron chi connectivity index (χ1n) is 9.44. The number of hydrogen-bond acceptors (Lipinski definition) is 4. The first kappa shape index (κ1) is 19.2. The van der Waals surface area contributed by atoms with Gasteiger partial charge in [0.15, 0.2) is 0 Å². The topological polar surface area (TPSA) is 48.0 Å². The number of fused-ring (bicyclic) bond motifs is 2. The van der Waals surface area contributed by atoms with E-state index in [0.29, 0.717) is 37.0 Å². The van der Waals surface area contributed by atoms with E-state index in [1.807, 2.05) is 18.2 Å². The fraction of sp³-hybridized carbons (Fsp3) is 0.409. The van der Waals surface area contributed by atoms with E-state index in [1.165, 1.54) is 5.56 Å². The van der Waals surface area contributed by atoms with Crippen LogP contribution in [0.25, 0.3) is 0 Å². The quantitative estimate of drug-likeness (QED) is 0.767. The Balaban J connectivity index is 1.48. The van der Waals surface area contributed by atoms with E-state index in [9.17, 15) is 4.79 Å². The molecule has 1 spiro atoms. The number of nitrogens with zero attached hydrogens (tertiary/aromatic N) is 1. The summed E-state index contributed by atoms with van der Waals surface area (Å²) >= 11 is 6.14. The van der Waals surface area contributed by atoms with Crippen molar-refractivity contribution in [3.8, 4) is 5.75 Å². The number of carbonyl (C=O) groups is 1. The highest BCUT2D eigenvalue weighted by molar-refractivity contribution is 6.31. The predicted molar refractivity (Wildman–Crippen MR) is 108 cm³/mol. The van der Waals surface area contributed by atoms with Crippen molar-refractivity contribution in [2.75, 3.05) is 31.3 Å². The molecule has 2 heterocycles. The molecular weight excluding hydrogens is 378 g/mol. The molecule has 28 heavy (non-hydrogen) atoms. The van der Waals surface area contributed by atoms with Crippen molar-refractivity contribution < 1.29 is 19.0 Å². The lowest BCUT2D eigenvalue weighted by molar-refractivity contribution is -0.180. The number of rotatable bonds is 4. The van der Waals surface area contributed by atoms with Crippen molar-refractivity contribution in [2.45, 2.75) is 32.0 Å². The Bertz CT molecular complexity index is 882. The second kappa shape index (κ2) is 7.07. The molecule has 0 aliphatic carbocycles. The van der Waals surface area contributed by atoms with Crippen LogP contribution in [0.1, 0.15) is 31.9 Å². The summed E-state index contributed by atoms with van der Waals surface area (Å²) in [7, 11) is 0. The summed E-state index contributed by atoms with van der Waals surface area (Å²) in [4.78, 5) is 14.7. The smallest absolute Gasteiger partial charge is 0.292 e. The van der Waals surface area contributed by atoms with Crippen molar-refractivity contribution in [1.82, 2.24) is 0 Å². The van der Waals surface area contributed by atoms with Crippen molar-refractivity contribution in [3.63, 3.8) is 0 Å². The van der Waals surface area contributed by atoms with Crippen LogP contribution in [0, 0.1) is 0 Å². The van der Waals surface area contributed by atoms with Crippen LogP contribution in [0.15, 0.2) is 42.5 Å². The number of anilines is 1. The van der Waals surface area contributed by atoms with Gasteiger partial charge in [0.1, 0.15) is 12.4 Å². The molecule has 1 fully saturated rings. The maximum absolute atomic E-state index is 13.1. The molecule has 2 aliphatic rings. The first-order valence-corrected chi connectivity index (χ1v) is 9.82. The Labute approximate surface area is 170 Å². The van der Waals surface area contributed by atoms with Crippen LogP contribution in [0.3, 0.4) is 0 Å². The molecule has 1 amide bonds. The van der Waals surface area contributed by atoms with E-state index in [-0.39, 0.29) is 11.3 Å². The molecule has 0 radical (unpaired) electrons. The average Bonchev–Trinajstić information content (AvgIpc) is 3.23. The Morgan fingerprint density at radius 1 is 1.11 bits per heavy atom. The zero-order chi connectivity index (χ0) is 19.9. The minimum Gasteiger partial charge on any atom is -0.492 e. The van der Waals surface area contributed by atoms with Crippen LogP contribution >= 0.6 is 11.6 Å². The molecule has 6 heteroatoms. The largest absolute Gasteiger partial charge is 0.492 e. The standard InChI is InChI=1S/C22H24ClNO4/c1-21(2,3)15-4-7-17(8-5-15)26-11-10-24-19-9-6-16(23)14-18(19)22(20(24)25)27-12-13-28-22/h4-9,14H,10-13H2,1-3H3. The van der Waals surface area contributed by atoms with Gasteiger partial charge in [0.2, 0.25) is 0 Å². The van der Waals surface area contributed by atoms with E-state index in [4.69, 9.17) is 25.8 Å². The molecular formula is C22H24ClNO4. The van der Waals surface area contributed by atoms with Gasteiger partial charge in [0.25, 0.3) is 11.7 Å². The van der Waals surface area contributed by atoms with Gasteiger partial charge < -0.3 is 19.1 Å². The third-order valence-electron chi connectivity index (χ3n) is 5.13. The highest BCUT2D eigenvalue weighted by Gasteiger charge is 2.56. The molecule has 4 rings (SSSR count). The molecule has 2 aliphatic heterocycles. The van der Waals surface area contributed by atoms with Gasteiger partial charge in [-0.1, -0.05) is 44.5 Å². The van der Waals surface area contributed by atoms with E-state index in [2.05, 4.69) is 32.9 Å². The second-order valence-corrected chi connectivity index (χ2v) is 8.49. The Morgan fingerprint density at radius 2 is 1.79 bits per heavy atom. The first-order chi connectivity index (χ1) is 13.3. The molecule has 2 aromatic carbocycles. The van der Waals surface area contributed by atoms with E-state index in [0.717, 1.165) is 11.4 Å². The van der Waals surface area contributed by atoms with Gasteiger partial charge in [-0.25, -0.2) is 0 Å². The number of hydrogen-bond donors (Lipinski definition) is 0. The number of ether oxygens (including phenoxy) is 3. The van der Waals surface area contributed by atoms with Gasteiger partial charge >= 0.3 is 0 Å². The SMILES string of the molecule is CC(C)(C)c1ccc(OCCN2C(=O)C3(OCCO3)c3cc(Cl)ccc32)cc1. The van der Waals surface area contributed by atoms with Crippen molar-refractivity contribution in [3.05, 3.63) is 58.6 Å². The lowest BCUT2D eigenvalue weighted by atomic mass is 9.87. The zero-order valence-corrected chi connectivity index (χ0v) is 17.1. The van der Waals surface area contributed by atoms with Crippen molar-refractivity contribution >= 4 is 23.2 Å². The highest BCUT2D eigenvalue weighted by Crippen LogP contribution is 2.46. The monoisotopic (exact) mass is 401 g/mol. The Kier molecular flexibility index (Phi) is 4.86. The summed E-state index contributed by atoms with van der Waals surface area (Å²) in [5, 5.41) is 0.544. The van der Waals surface area contributed by atoms with E-state index >= 15 is 0 Å². The fourth-order valence-electron chi connectivity index (χ4n) is 3.63. The van der Waals surface area contributed by atoms with Crippen LogP contribution < -0.4 is 9.64 Å². The van der Waals surface area contributed by atoms with Gasteiger partial charge in [-0.3, -0.25) is 4.79 Å². The van der Waals surface area contributed by atoms with Crippen LogP contribution in [-0.4, -0.2) is 32.3 Å². The van der Waals surface area contributed by atoms with Gasteiger partial charge in [0.05, 0.1) is 25.4 Å². The van der Waals surface area contributed by atoms with Gasteiger partial charge in [-0.2, -0.15) is 0 Å². The lowest BCUT2D eigenvalue weighted by Crippen LogP contribution is -2.42. The molecule has 0 unspecified atom stereocenters. The van der Waals surface area contributed by atoms with Gasteiger partial charge in [-0.05, 0) is 41.3 Å². The molecule has 0 N–H and O–H groups in total. The maximum Gasteiger partial charge on any atom is 0.292 e. The van der Waals surface area contributed by atoms with Crippen LogP contribution in [0.4, 0.5) is 5.69 Å². The molecule has 2 aromatic rings. The summed E-state index contributed by atoms with van der Waals surface area (Å²) in [5.41, 5.74) is 2.76. The second-order valence-electron chi connectivity index (χ2n) is 8.05. The zero-order valence-electron chi connectivity index (χ0n) is 16.3. The van der Waals surface area contributed by atoms with E-state index < -0.39 is 5.79 Å². The Morgan fingerprint density at radius 3 is 2.43 bits per heavy atom. The fourth-order valence-corrected chi connectivity index (χ4v) is 3.80. The van der Waals surface area contributed by atoms with Crippen molar-refractivity contribution in [1.29, 1.82) is 0 Å². The third-order valence-corrected chi connectivity index (χ3v) is 5.36. The van der Waals surface area contributed by atoms with Gasteiger partial charge in [-0.15, -0.1) is 0 Å². The summed E-state index contributed by atoms with van der Waals surface area (Å²) < 4.78 is 17.3. The maximum atomic E-state index is 13.1. The summed E-state index contributed by atoms with van der Waals surface area (Å²) in [6.07, 6.45) is 0. The number of benzene rings is 2. The predicted octanol–water partition coefficient (Wildman–Crippen LogP) is 4.26. The molecule has 0 atom stereocenters. The summed E-state index contributed by atoms with van der Waals surface area (Å²) in [5.74, 6) is -0.817. The minimum absolute atomic E-state index is 0.0983. The normalized spacial score (nSPS) is 18.0. The van der Waals surface area contributed by atoms with E-state index in [1.54, 1.807) is 17.0 Å². The number of amides is 1. The molecule has 0 bridgehead atoms. The van der Waals surface area contributed by atoms with Crippen LogP contribution in [0.2, 0.25) is 5.02 Å². The molecule has 5 nitrogen and oxygen atoms in total. The average molecular weight is 402 g/mol. The lowest BCUT2D eigenvalue weighted by Gasteiger charge is -2.22. The van der Waals surface area contributed by atoms with Crippen molar-refractivity contribution in [2.24, 2.45) is 0 Å². The summed E-state index contributed by atoms with van der Waals surface area (Å²) in [6.45, 7) is 8.03.